The van der Waals surface area contributed by atoms with Crippen LogP contribution in [0.25, 0.3) is 0 Å². The molecule has 3 heterocycles. The van der Waals surface area contributed by atoms with E-state index >= 15 is 0 Å². The molecule has 0 aromatic heterocycles. The van der Waals surface area contributed by atoms with Gasteiger partial charge in [0, 0.05) is 28.5 Å². The monoisotopic (exact) mass is 383 g/mol. The lowest BCUT2D eigenvalue weighted by Gasteiger charge is -2.37. The number of rotatable bonds is 1. The molecular formula is C18H13F4NO4. The molecule has 5 nitrogen and oxygen atoms in total. The van der Waals surface area contributed by atoms with Gasteiger partial charge in [0.15, 0.2) is 11.6 Å². The molecule has 0 amide bonds. The number of halogens is 4. The first-order chi connectivity index (χ1) is 12.8. The minimum atomic E-state index is -4.90. The van der Waals surface area contributed by atoms with E-state index in [9.17, 15) is 27.2 Å². The summed E-state index contributed by atoms with van der Waals surface area (Å²) >= 11 is 0. The summed E-state index contributed by atoms with van der Waals surface area (Å²) in [7, 11) is 0. The molecule has 0 saturated heterocycles. The van der Waals surface area contributed by atoms with Gasteiger partial charge in [0.25, 0.3) is 0 Å². The average molecular weight is 383 g/mol. The fraction of sp³-hybridized carbons (Fsp3) is 0.333. The van der Waals surface area contributed by atoms with E-state index in [1.807, 2.05) is 0 Å². The molecule has 0 aliphatic carbocycles. The number of alkyl halides is 3. The number of hydrogen-bond acceptors (Lipinski definition) is 5. The number of dihydropyridines is 1. The Morgan fingerprint density at radius 3 is 2.00 bits per heavy atom. The lowest BCUT2D eigenvalue weighted by Crippen LogP contribution is -2.42. The van der Waals surface area contributed by atoms with Gasteiger partial charge in [-0.1, -0.05) is 6.07 Å². The van der Waals surface area contributed by atoms with Crippen molar-refractivity contribution in [2.45, 2.75) is 12.1 Å². The largest absolute Gasteiger partial charge is 0.419 e. The Morgan fingerprint density at radius 2 is 1.48 bits per heavy atom. The van der Waals surface area contributed by atoms with E-state index in [0.717, 1.165) is 0 Å². The average Bonchev–Trinajstić information content (AvgIpc) is 2.60. The number of hydrogen-bond donors (Lipinski definition) is 1. The van der Waals surface area contributed by atoms with Crippen molar-refractivity contribution in [3.05, 3.63) is 57.7 Å². The van der Waals surface area contributed by atoms with Crippen molar-refractivity contribution in [3.63, 3.8) is 0 Å². The molecule has 9 heteroatoms. The van der Waals surface area contributed by atoms with Crippen molar-refractivity contribution in [1.29, 1.82) is 0 Å². The maximum atomic E-state index is 13.7. The Morgan fingerprint density at radius 1 is 0.926 bits per heavy atom. The molecule has 0 spiro atoms. The summed E-state index contributed by atoms with van der Waals surface area (Å²) in [5.41, 5.74) is -0.306. The van der Waals surface area contributed by atoms with Crippen LogP contribution in [0.3, 0.4) is 0 Å². The van der Waals surface area contributed by atoms with Gasteiger partial charge in [-0.3, -0.25) is 9.59 Å². The van der Waals surface area contributed by atoms with Crippen LogP contribution >= 0.6 is 0 Å². The maximum Gasteiger partial charge on any atom is 0.419 e. The first kappa shape index (κ1) is 17.9. The molecule has 0 unspecified atom stereocenters. The third-order valence-electron chi connectivity index (χ3n) is 4.72. The van der Waals surface area contributed by atoms with Gasteiger partial charge in [-0.25, -0.2) is 4.39 Å². The van der Waals surface area contributed by atoms with Crippen molar-refractivity contribution in [2.75, 3.05) is 26.4 Å². The SMILES string of the molecule is O=C1COCC2=C1C(c1ccc(F)c(C(F)(F)F)c1)C1=C(COCC1=O)N2. The quantitative estimate of drug-likeness (QED) is 0.754. The fourth-order valence-corrected chi connectivity index (χ4v) is 3.62. The predicted molar refractivity (Wildman–Crippen MR) is 83.0 cm³/mol. The van der Waals surface area contributed by atoms with Crippen LogP contribution in [0, 0.1) is 5.82 Å². The van der Waals surface area contributed by atoms with Crippen molar-refractivity contribution in [1.82, 2.24) is 5.32 Å². The Balaban J connectivity index is 1.92. The van der Waals surface area contributed by atoms with Crippen LogP contribution in [0.4, 0.5) is 17.6 Å². The van der Waals surface area contributed by atoms with Gasteiger partial charge >= 0.3 is 6.18 Å². The summed E-state index contributed by atoms with van der Waals surface area (Å²) < 4.78 is 63.6. The Bertz CT molecular complexity index is 874. The summed E-state index contributed by atoms with van der Waals surface area (Å²) in [5, 5.41) is 2.95. The molecule has 3 aliphatic rings. The molecular weight excluding hydrogens is 370 g/mol. The summed E-state index contributed by atoms with van der Waals surface area (Å²) in [6.07, 6.45) is -4.90. The maximum absolute atomic E-state index is 13.7. The smallest absolute Gasteiger partial charge is 0.367 e. The van der Waals surface area contributed by atoms with Gasteiger partial charge < -0.3 is 14.8 Å². The normalized spacial score (nSPS) is 21.2. The fourth-order valence-electron chi connectivity index (χ4n) is 3.62. The van der Waals surface area contributed by atoms with Gasteiger partial charge in [-0.05, 0) is 17.7 Å². The second-order valence-corrected chi connectivity index (χ2v) is 6.41. The minimum absolute atomic E-state index is 0.0238. The van der Waals surface area contributed by atoms with Gasteiger partial charge in [0.2, 0.25) is 0 Å². The molecule has 1 aromatic rings. The number of benzene rings is 1. The molecule has 27 heavy (non-hydrogen) atoms. The summed E-state index contributed by atoms with van der Waals surface area (Å²) in [6.45, 7) is -0.374. The van der Waals surface area contributed by atoms with E-state index in [0.29, 0.717) is 23.5 Å². The van der Waals surface area contributed by atoms with Crippen LogP contribution in [-0.2, 0) is 25.2 Å². The van der Waals surface area contributed by atoms with Gasteiger partial charge in [0.05, 0.1) is 18.8 Å². The van der Waals surface area contributed by atoms with Crippen LogP contribution in [0.1, 0.15) is 17.0 Å². The number of carbonyl (C=O) groups is 2. The van der Waals surface area contributed by atoms with Crippen molar-refractivity contribution in [2.24, 2.45) is 0 Å². The molecule has 1 N–H and O–H groups in total. The van der Waals surface area contributed by atoms with Gasteiger partial charge in [-0.15, -0.1) is 0 Å². The standard InChI is InChI=1S/C18H13F4NO4/c19-10-2-1-8(3-9(10)18(20,21)22)15-16-11(4-26-6-13(16)24)23-12-5-27-7-14(25)17(12)15/h1-3,15,23H,4-7H2. The molecule has 1 aromatic carbocycles. The third kappa shape index (κ3) is 2.96. The lowest BCUT2D eigenvalue weighted by atomic mass is 9.76. The first-order valence-electron chi connectivity index (χ1n) is 8.09. The van der Waals surface area contributed by atoms with Crippen LogP contribution in [0.2, 0.25) is 0 Å². The van der Waals surface area contributed by atoms with Crippen LogP contribution in [-0.4, -0.2) is 38.0 Å². The van der Waals surface area contributed by atoms with Gasteiger partial charge in [-0.2, -0.15) is 13.2 Å². The highest BCUT2D eigenvalue weighted by molar-refractivity contribution is 6.07. The highest BCUT2D eigenvalue weighted by Gasteiger charge is 2.42. The van der Waals surface area contributed by atoms with E-state index in [1.54, 1.807) is 0 Å². The summed E-state index contributed by atoms with van der Waals surface area (Å²) in [4.78, 5) is 24.9. The van der Waals surface area contributed by atoms with E-state index < -0.39 is 35.0 Å². The molecule has 0 saturated carbocycles. The molecule has 0 bridgehead atoms. The van der Waals surface area contributed by atoms with Crippen molar-refractivity contribution < 1.29 is 36.6 Å². The van der Waals surface area contributed by atoms with E-state index in [4.69, 9.17) is 9.47 Å². The topological polar surface area (TPSA) is 64.6 Å². The zero-order valence-electron chi connectivity index (χ0n) is 13.8. The number of Topliss-reactive ketones (excluding diaryl/α,β-unsaturated/α-hetero) is 2. The number of carbonyl (C=O) groups excluding carboxylic acids is 2. The van der Waals surface area contributed by atoms with E-state index in [2.05, 4.69) is 5.32 Å². The molecule has 4 rings (SSSR count). The lowest BCUT2D eigenvalue weighted by molar-refractivity contribution is -0.140. The molecule has 0 atom stereocenters. The van der Waals surface area contributed by atoms with Crippen LogP contribution in [0.15, 0.2) is 40.7 Å². The van der Waals surface area contributed by atoms with E-state index in [1.165, 1.54) is 6.07 Å². The Labute approximate surface area is 150 Å². The summed E-state index contributed by atoms with van der Waals surface area (Å²) in [5.74, 6) is -3.30. The molecule has 3 aliphatic heterocycles. The van der Waals surface area contributed by atoms with Crippen molar-refractivity contribution >= 4 is 11.6 Å². The highest BCUT2D eigenvalue weighted by atomic mass is 19.4. The molecule has 0 fully saturated rings. The van der Waals surface area contributed by atoms with Gasteiger partial charge in [0.1, 0.15) is 19.0 Å². The Kier molecular flexibility index (Phi) is 4.15. The Hall–Kier alpha value is -2.52. The highest BCUT2D eigenvalue weighted by Crippen LogP contribution is 2.43. The van der Waals surface area contributed by atoms with E-state index in [-0.39, 0.29) is 43.1 Å². The predicted octanol–water partition coefficient (Wildman–Crippen LogP) is 2.24. The second-order valence-electron chi connectivity index (χ2n) is 6.41. The van der Waals surface area contributed by atoms with Crippen LogP contribution < -0.4 is 5.32 Å². The first-order valence-corrected chi connectivity index (χ1v) is 8.09. The van der Waals surface area contributed by atoms with Crippen LogP contribution in [0.5, 0.6) is 0 Å². The number of ether oxygens (including phenoxy) is 2. The summed E-state index contributed by atoms with van der Waals surface area (Å²) in [6, 6.07) is 2.53. The molecule has 142 valence electrons. The van der Waals surface area contributed by atoms with Crippen molar-refractivity contribution in [3.8, 4) is 0 Å². The third-order valence-corrected chi connectivity index (χ3v) is 4.72. The number of nitrogens with one attached hydrogen (secondary N) is 1. The zero-order valence-corrected chi connectivity index (χ0v) is 13.8. The second kappa shape index (κ2) is 6.28. The molecule has 0 radical (unpaired) electrons. The minimum Gasteiger partial charge on any atom is -0.367 e. The number of ketones is 2. The zero-order chi connectivity index (χ0) is 19.3.